The molecule has 0 saturated heterocycles. The van der Waals surface area contributed by atoms with E-state index >= 15 is 0 Å². The maximum Gasteiger partial charge on any atom is 0.137 e. The van der Waals surface area contributed by atoms with Crippen molar-refractivity contribution in [1.29, 1.82) is 0 Å². The molecular formula is C15H26N4. The van der Waals surface area contributed by atoms with Crippen LogP contribution < -0.4 is 10.2 Å². The van der Waals surface area contributed by atoms with E-state index in [1.54, 1.807) is 0 Å². The summed E-state index contributed by atoms with van der Waals surface area (Å²) >= 11 is 0. The van der Waals surface area contributed by atoms with E-state index < -0.39 is 0 Å². The quantitative estimate of drug-likeness (QED) is 0.820. The second-order valence-corrected chi connectivity index (χ2v) is 5.54. The lowest BCUT2D eigenvalue weighted by Gasteiger charge is -2.22. The third-order valence-electron chi connectivity index (χ3n) is 3.62. The lowest BCUT2D eigenvalue weighted by Crippen LogP contribution is -2.23. The third-order valence-corrected chi connectivity index (χ3v) is 3.62. The third kappa shape index (κ3) is 3.58. The Morgan fingerprint density at radius 1 is 1.26 bits per heavy atom. The van der Waals surface area contributed by atoms with Gasteiger partial charge in [0.25, 0.3) is 0 Å². The van der Waals surface area contributed by atoms with Crippen molar-refractivity contribution in [3.8, 4) is 0 Å². The molecule has 0 radical (unpaired) electrons. The van der Waals surface area contributed by atoms with Crippen LogP contribution in [0.4, 0.5) is 11.6 Å². The van der Waals surface area contributed by atoms with Gasteiger partial charge in [-0.05, 0) is 32.1 Å². The number of hydrogen-bond acceptors (Lipinski definition) is 4. The molecule has 4 nitrogen and oxygen atoms in total. The zero-order valence-electron chi connectivity index (χ0n) is 12.7. The molecule has 1 aliphatic carbocycles. The monoisotopic (exact) mass is 262 g/mol. The molecule has 0 spiro atoms. The van der Waals surface area contributed by atoms with Gasteiger partial charge in [-0.15, -0.1) is 0 Å². The second-order valence-electron chi connectivity index (χ2n) is 5.54. The van der Waals surface area contributed by atoms with E-state index in [9.17, 15) is 0 Å². The fourth-order valence-corrected chi connectivity index (χ4v) is 2.27. The van der Waals surface area contributed by atoms with E-state index in [2.05, 4.69) is 43.0 Å². The number of hydrogen-bond donors (Lipinski definition) is 1. The normalized spacial score (nSPS) is 14.5. The Morgan fingerprint density at radius 2 is 2.00 bits per heavy atom. The maximum atomic E-state index is 4.72. The van der Waals surface area contributed by atoms with Gasteiger partial charge in [0, 0.05) is 32.1 Å². The highest BCUT2D eigenvalue weighted by molar-refractivity contribution is 5.58. The van der Waals surface area contributed by atoms with E-state index in [0.29, 0.717) is 0 Å². The zero-order chi connectivity index (χ0) is 13.8. The molecule has 0 atom stereocenters. The van der Waals surface area contributed by atoms with Crippen LogP contribution in [-0.4, -0.2) is 30.1 Å². The summed E-state index contributed by atoms with van der Waals surface area (Å²) in [5.74, 6) is 3.90. The summed E-state index contributed by atoms with van der Waals surface area (Å²) in [6, 6.07) is 0. The molecule has 1 saturated carbocycles. The van der Waals surface area contributed by atoms with Crippen molar-refractivity contribution >= 4 is 11.6 Å². The molecule has 106 valence electrons. The van der Waals surface area contributed by atoms with Crippen molar-refractivity contribution in [1.82, 2.24) is 9.97 Å². The summed E-state index contributed by atoms with van der Waals surface area (Å²) in [5, 5.41) is 3.42. The van der Waals surface area contributed by atoms with Crippen molar-refractivity contribution in [2.75, 3.05) is 30.4 Å². The van der Waals surface area contributed by atoms with Gasteiger partial charge in [-0.25, -0.2) is 9.97 Å². The van der Waals surface area contributed by atoms with Crippen LogP contribution in [0.3, 0.4) is 0 Å². The van der Waals surface area contributed by atoms with Crippen molar-refractivity contribution in [3.05, 3.63) is 11.4 Å². The molecule has 0 aromatic carbocycles. The van der Waals surface area contributed by atoms with E-state index in [0.717, 1.165) is 49.3 Å². The van der Waals surface area contributed by atoms with Gasteiger partial charge >= 0.3 is 0 Å². The fourth-order valence-electron chi connectivity index (χ4n) is 2.27. The zero-order valence-corrected chi connectivity index (χ0v) is 12.7. The Hall–Kier alpha value is -1.32. The Morgan fingerprint density at radius 3 is 2.58 bits per heavy atom. The average molecular weight is 262 g/mol. The summed E-state index contributed by atoms with van der Waals surface area (Å²) in [5.41, 5.74) is 1.17. The summed E-state index contributed by atoms with van der Waals surface area (Å²) in [6.07, 6.45) is 4.73. The maximum absolute atomic E-state index is 4.72. The first-order valence-corrected chi connectivity index (χ1v) is 7.48. The highest BCUT2D eigenvalue weighted by atomic mass is 15.2. The van der Waals surface area contributed by atoms with Crippen LogP contribution >= 0.6 is 0 Å². The predicted molar refractivity (Wildman–Crippen MR) is 80.9 cm³/mol. The summed E-state index contributed by atoms with van der Waals surface area (Å²) < 4.78 is 0. The molecule has 1 heterocycles. The Labute approximate surface area is 116 Å². The van der Waals surface area contributed by atoms with Gasteiger partial charge in [-0.1, -0.05) is 13.8 Å². The Bertz CT molecular complexity index is 426. The van der Waals surface area contributed by atoms with Gasteiger partial charge in [0.15, 0.2) is 0 Å². The number of anilines is 2. The van der Waals surface area contributed by atoms with Gasteiger partial charge in [-0.3, -0.25) is 0 Å². The molecular weight excluding hydrogens is 236 g/mol. The summed E-state index contributed by atoms with van der Waals surface area (Å²) in [7, 11) is 2.15. The van der Waals surface area contributed by atoms with Crippen molar-refractivity contribution in [2.24, 2.45) is 5.92 Å². The molecule has 2 rings (SSSR count). The molecule has 1 aliphatic rings. The molecule has 4 heteroatoms. The van der Waals surface area contributed by atoms with Crippen molar-refractivity contribution in [3.63, 3.8) is 0 Å². The van der Waals surface area contributed by atoms with E-state index in [1.165, 1.54) is 18.4 Å². The lowest BCUT2D eigenvalue weighted by atomic mass is 10.2. The molecule has 19 heavy (non-hydrogen) atoms. The summed E-state index contributed by atoms with van der Waals surface area (Å²) in [4.78, 5) is 11.6. The molecule has 0 aliphatic heterocycles. The highest BCUT2D eigenvalue weighted by Crippen LogP contribution is 2.32. The number of nitrogens with one attached hydrogen (secondary N) is 1. The smallest absolute Gasteiger partial charge is 0.137 e. The van der Waals surface area contributed by atoms with E-state index in [1.807, 2.05) is 0 Å². The minimum atomic E-state index is 0.872. The lowest BCUT2D eigenvalue weighted by molar-refractivity contribution is 0.765. The molecule has 0 bridgehead atoms. The van der Waals surface area contributed by atoms with Crippen LogP contribution in [0, 0.1) is 12.8 Å². The van der Waals surface area contributed by atoms with Crippen LogP contribution in [0.15, 0.2) is 0 Å². The predicted octanol–water partition coefficient (Wildman–Crippen LogP) is 3.02. The number of nitrogens with zero attached hydrogens (tertiary/aromatic N) is 3. The SMILES string of the molecule is CCCNc1nc(CC)nc(N(C)CC2CC2)c1C. The van der Waals surface area contributed by atoms with Crippen LogP contribution in [0.2, 0.25) is 0 Å². The first kappa shape index (κ1) is 14.1. The van der Waals surface area contributed by atoms with Gasteiger partial charge in [0.2, 0.25) is 0 Å². The van der Waals surface area contributed by atoms with Crippen LogP contribution in [0.1, 0.15) is 44.5 Å². The van der Waals surface area contributed by atoms with Gasteiger partial charge in [0.1, 0.15) is 17.5 Å². The standard InChI is InChI=1S/C15H26N4/c1-5-9-16-14-11(3)15(18-13(6-2)17-14)19(4)10-12-7-8-12/h12H,5-10H2,1-4H3,(H,16,17,18). The van der Waals surface area contributed by atoms with Crippen molar-refractivity contribution in [2.45, 2.75) is 46.5 Å². The number of rotatable bonds is 7. The molecule has 0 amide bonds. The van der Waals surface area contributed by atoms with Crippen LogP contribution in [0.25, 0.3) is 0 Å². The topological polar surface area (TPSA) is 41.1 Å². The first-order valence-electron chi connectivity index (χ1n) is 7.48. The van der Waals surface area contributed by atoms with Crippen molar-refractivity contribution < 1.29 is 0 Å². The Balaban J connectivity index is 2.23. The average Bonchev–Trinajstić information content (AvgIpc) is 3.21. The number of aromatic nitrogens is 2. The minimum Gasteiger partial charge on any atom is -0.370 e. The second kappa shape index (κ2) is 6.22. The Kier molecular flexibility index (Phi) is 4.61. The fraction of sp³-hybridized carbons (Fsp3) is 0.733. The van der Waals surface area contributed by atoms with Gasteiger partial charge in [0.05, 0.1) is 0 Å². The summed E-state index contributed by atoms with van der Waals surface area (Å²) in [6.45, 7) is 8.49. The van der Waals surface area contributed by atoms with Crippen LogP contribution in [-0.2, 0) is 6.42 Å². The van der Waals surface area contributed by atoms with Gasteiger partial charge < -0.3 is 10.2 Å². The number of aryl methyl sites for hydroxylation is 1. The molecule has 0 unspecified atom stereocenters. The largest absolute Gasteiger partial charge is 0.370 e. The highest BCUT2D eigenvalue weighted by Gasteiger charge is 2.24. The molecule has 1 fully saturated rings. The van der Waals surface area contributed by atoms with Gasteiger partial charge in [-0.2, -0.15) is 0 Å². The van der Waals surface area contributed by atoms with Crippen LogP contribution in [0.5, 0.6) is 0 Å². The molecule has 1 N–H and O–H groups in total. The minimum absolute atomic E-state index is 0.872. The molecule has 1 aromatic heterocycles. The molecule has 1 aromatic rings. The first-order chi connectivity index (χ1) is 9.15. The van der Waals surface area contributed by atoms with E-state index in [-0.39, 0.29) is 0 Å². The van der Waals surface area contributed by atoms with E-state index in [4.69, 9.17) is 4.98 Å².